The zero-order valence-electron chi connectivity index (χ0n) is 6.38. The Balaban J connectivity index is 2.17. The van der Waals surface area contributed by atoms with Crippen molar-refractivity contribution >= 4 is 17.7 Å². The molecule has 0 radical (unpaired) electrons. The number of thioether (sulfide) groups is 1. The number of aliphatic hydroxyl groups excluding tert-OH is 1. The lowest BCUT2D eigenvalue weighted by Gasteiger charge is -2.07. The van der Waals surface area contributed by atoms with Crippen molar-refractivity contribution in [2.45, 2.75) is 18.1 Å². The van der Waals surface area contributed by atoms with Gasteiger partial charge in [0.25, 0.3) is 0 Å². The van der Waals surface area contributed by atoms with Crippen LogP contribution >= 0.6 is 11.8 Å². The molecule has 64 valence electrons. The lowest BCUT2D eigenvalue weighted by molar-refractivity contribution is -0.120. The highest BCUT2D eigenvalue weighted by atomic mass is 32.2. The van der Waals surface area contributed by atoms with Crippen molar-refractivity contribution in [3.8, 4) is 0 Å². The summed E-state index contributed by atoms with van der Waals surface area (Å²) >= 11 is 1.71. The fourth-order valence-electron chi connectivity index (χ4n) is 1.08. The third-order valence-corrected chi connectivity index (χ3v) is 3.01. The van der Waals surface area contributed by atoms with E-state index in [-0.39, 0.29) is 17.8 Å². The third-order valence-electron chi connectivity index (χ3n) is 1.63. The lowest BCUT2D eigenvalue weighted by Crippen LogP contribution is -2.33. The Labute approximate surface area is 70.6 Å². The quantitative estimate of drug-likeness (QED) is 0.634. The van der Waals surface area contributed by atoms with Gasteiger partial charge < -0.3 is 10.4 Å². The minimum absolute atomic E-state index is 0.0309. The van der Waals surface area contributed by atoms with Crippen LogP contribution < -0.4 is 5.32 Å². The first-order chi connectivity index (χ1) is 5.34. The van der Waals surface area contributed by atoms with Crippen molar-refractivity contribution in [2.24, 2.45) is 0 Å². The molecule has 3 nitrogen and oxygen atoms in total. The molecule has 1 aliphatic rings. The Morgan fingerprint density at radius 2 is 2.55 bits per heavy atom. The van der Waals surface area contributed by atoms with Crippen molar-refractivity contribution in [3.05, 3.63) is 0 Å². The number of hydrogen-bond donors (Lipinski definition) is 2. The van der Waals surface area contributed by atoms with Gasteiger partial charge in [0, 0.05) is 6.54 Å². The van der Waals surface area contributed by atoms with Gasteiger partial charge in [-0.25, -0.2) is 0 Å². The normalized spacial score (nSPS) is 23.5. The smallest absolute Gasteiger partial charge is 0.233 e. The second-order valence-electron chi connectivity index (χ2n) is 2.52. The van der Waals surface area contributed by atoms with Gasteiger partial charge in [0.1, 0.15) is 0 Å². The number of amides is 1. The van der Waals surface area contributed by atoms with E-state index >= 15 is 0 Å². The van der Waals surface area contributed by atoms with Crippen molar-refractivity contribution in [1.29, 1.82) is 0 Å². The molecule has 2 N–H and O–H groups in total. The van der Waals surface area contributed by atoms with E-state index in [0.29, 0.717) is 6.54 Å². The molecular formula is C7H13NO2S. The maximum Gasteiger partial charge on any atom is 0.233 e. The van der Waals surface area contributed by atoms with Crippen molar-refractivity contribution < 1.29 is 9.90 Å². The molecule has 0 aromatic rings. The molecule has 1 rings (SSSR count). The number of carbonyl (C=O) groups excluding carboxylic acids is 1. The monoisotopic (exact) mass is 175 g/mol. The van der Waals surface area contributed by atoms with Crippen LogP contribution in [0.15, 0.2) is 0 Å². The summed E-state index contributed by atoms with van der Waals surface area (Å²) in [4.78, 5) is 11.2. The van der Waals surface area contributed by atoms with Crippen molar-refractivity contribution in [3.63, 3.8) is 0 Å². The summed E-state index contributed by atoms with van der Waals surface area (Å²) in [6, 6.07) is 0. The van der Waals surface area contributed by atoms with Crippen molar-refractivity contribution in [2.75, 3.05) is 18.9 Å². The Morgan fingerprint density at radius 3 is 3.09 bits per heavy atom. The molecule has 1 amide bonds. The average Bonchev–Trinajstić information content (AvgIpc) is 2.52. The Bertz CT molecular complexity index is 134. The molecule has 0 saturated carbocycles. The fourth-order valence-corrected chi connectivity index (χ4v) is 2.26. The molecule has 0 aromatic heterocycles. The van der Waals surface area contributed by atoms with Crippen LogP contribution in [0, 0.1) is 0 Å². The highest BCUT2D eigenvalue weighted by Gasteiger charge is 2.22. The molecule has 1 heterocycles. The molecule has 0 bridgehead atoms. The number of aliphatic hydroxyl groups is 1. The molecule has 1 atom stereocenters. The Hall–Kier alpha value is -0.220. The van der Waals surface area contributed by atoms with E-state index in [9.17, 15) is 4.79 Å². The summed E-state index contributed by atoms with van der Waals surface area (Å²) in [5.74, 6) is 1.18. The topological polar surface area (TPSA) is 49.3 Å². The van der Waals surface area contributed by atoms with Crippen LogP contribution in [0.2, 0.25) is 0 Å². The summed E-state index contributed by atoms with van der Waals surface area (Å²) in [5.41, 5.74) is 0. The summed E-state index contributed by atoms with van der Waals surface area (Å²) in [7, 11) is 0. The molecule has 1 unspecified atom stereocenters. The van der Waals surface area contributed by atoms with Crippen LogP contribution in [0.25, 0.3) is 0 Å². The lowest BCUT2D eigenvalue weighted by atomic mass is 10.2. The molecule has 0 aromatic carbocycles. The van der Waals surface area contributed by atoms with Crippen LogP contribution in [0.5, 0.6) is 0 Å². The van der Waals surface area contributed by atoms with Crippen LogP contribution in [0.3, 0.4) is 0 Å². The van der Waals surface area contributed by atoms with E-state index in [2.05, 4.69) is 5.32 Å². The van der Waals surface area contributed by atoms with E-state index in [1.165, 1.54) is 0 Å². The van der Waals surface area contributed by atoms with Crippen LogP contribution in [0.4, 0.5) is 0 Å². The average molecular weight is 175 g/mol. The molecule has 1 saturated heterocycles. The SMILES string of the molecule is O=C(NCCO)C1CCCS1. The largest absolute Gasteiger partial charge is 0.395 e. The maximum atomic E-state index is 11.2. The second kappa shape index (κ2) is 4.62. The van der Waals surface area contributed by atoms with Crippen LogP contribution in [-0.2, 0) is 4.79 Å². The number of rotatable bonds is 3. The van der Waals surface area contributed by atoms with Gasteiger partial charge in [-0.05, 0) is 18.6 Å². The standard InChI is InChI=1S/C7H13NO2S/c9-4-3-8-7(10)6-2-1-5-11-6/h6,9H,1-5H2,(H,8,10). The van der Waals surface area contributed by atoms with Crippen LogP contribution in [-0.4, -0.2) is 35.2 Å². The third kappa shape index (κ3) is 2.71. The van der Waals surface area contributed by atoms with E-state index < -0.39 is 0 Å². The molecule has 1 aliphatic heterocycles. The van der Waals surface area contributed by atoms with Gasteiger partial charge in [0.05, 0.1) is 11.9 Å². The first-order valence-corrected chi connectivity index (χ1v) is 4.89. The predicted octanol–water partition coefficient (Wildman–Crippen LogP) is -0.00950. The number of nitrogens with one attached hydrogen (secondary N) is 1. The summed E-state index contributed by atoms with van der Waals surface area (Å²) in [6.07, 6.45) is 2.13. The molecule has 0 aliphatic carbocycles. The van der Waals surface area contributed by atoms with Gasteiger partial charge in [-0.1, -0.05) is 0 Å². The Morgan fingerprint density at radius 1 is 1.73 bits per heavy atom. The van der Waals surface area contributed by atoms with Gasteiger partial charge >= 0.3 is 0 Å². The minimum Gasteiger partial charge on any atom is -0.395 e. The van der Waals surface area contributed by atoms with Crippen molar-refractivity contribution in [1.82, 2.24) is 5.32 Å². The van der Waals surface area contributed by atoms with Gasteiger partial charge in [-0.3, -0.25) is 4.79 Å². The van der Waals surface area contributed by atoms with E-state index in [1.54, 1.807) is 11.8 Å². The number of carbonyl (C=O) groups is 1. The van der Waals surface area contributed by atoms with E-state index in [0.717, 1.165) is 18.6 Å². The van der Waals surface area contributed by atoms with E-state index in [4.69, 9.17) is 5.11 Å². The summed E-state index contributed by atoms with van der Waals surface area (Å²) in [6.45, 7) is 0.416. The zero-order chi connectivity index (χ0) is 8.10. The fraction of sp³-hybridized carbons (Fsp3) is 0.857. The molecular weight excluding hydrogens is 162 g/mol. The van der Waals surface area contributed by atoms with Gasteiger partial charge in [-0.15, -0.1) is 11.8 Å². The maximum absolute atomic E-state index is 11.2. The molecule has 0 spiro atoms. The van der Waals surface area contributed by atoms with Crippen LogP contribution in [0.1, 0.15) is 12.8 Å². The first-order valence-electron chi connectivity index (χ1n) is 3.85. The van der Waals surface area contributed by atoms with Gasteiger partial charge in [0.15, 0.2) is 0 Å². The highest BCUT2D eigenvalue weighted by molar-refractivity contribution is 8.00. The first kappa shape index (κ1) is 8.87. The van der Waals surface area contributed by atoms with Gasteiger partial charge in [0.2, 0.25) is 5.91 Å². The number of hydrogen-bond acceptors (Lipinski definition) is 3. The van der Waals surface area contributed by atoms with Gasteiger partial charge in [-0.2, -0.15) is 0 Å². The summed E-state index contributed by atoms with van der Waals surface area (Å²) in [5, 5.41) is 11.2. The summed E-state index contributed by atoms with van der Waals surface area (Å²) < 4.78 is 0. The molecule has 1 fully saturated rings. The zero-order valence-corrected chi connectivity index (χ0v) is 7.19. The molecule has 4 heteroatoms. The Kier molecular flexibility index (Phi) is 3.72. The predicted molar refractivity (Wildman–Crippen MR) is 45.6 cm³/mol. The second-order valence-corrected chi connectivity index (χ2v) is 3.83. The minimum atomic E-state index is 0.0309. The van der Waals surface area contributed by atoms with E-state index in [1.807, 2.05) is 0 Å². The molecule has 11 heavy (non-hydrogen) atoms. The highest BCUT2D eigenvalue weighted by Crippen LogP contribution is 2.25.